The second-order valence-electron chi connectivity index (χ2n) is 6.42. The van der Waals surface area contributed by atoms with Crippen LogP contribution in [0, 0.1) is 0 Å². The van der Waals surface area contributed by atoms with Crippen molar-refractivity contribution in [3.63, 3.8) is 0 Å². The van der Waals surface area contributed by atoms with Gasteiger partial charge in [0.05, 0.1) is 7.11 Å². The molecule has 1 amide bonds. The minimum absolute atomic E-state index is 0.0480. The van der Waals surface area contributed by atoms with E-state index in [0.717, 1.165) is 31.2 Å². The van der Waals surface area contributed by atoms with Crippen molar-refractivity contribution >= 4 is 11.9 Å². The summed E-state index contributed by atoms with van der Waals surface area (Å²) in [6.07, 6.45) is 0.782. The molecule has 0 bridgehead atoms. The molecule has 0 spiro atoms. The summed E-state index contributed by atoms with van der Waals surface area (Å²) < 4.78 is 5.20. The van der Waals surface area contributed by atoms with Crippen molar-refractivity contribution in [3.8, 4) is 5.75 Å². The number of ether oxygens (including phenoxy) is 1. The van der Waals surface area contributed by atoms with Gasteiger partial charge in [0.25, 0.3) is 5.91 Å². The van der Waals surface area contributed by atoms with Gasteiger partial charge >= 0.3 is 0 Å². The van der Waals surface area contributed by atoms with E-state index >= 15 is 0 Å². The Balaban J connectivity index is 1.80. The molecular weight excluding hydrogens is 352 g/mol. The molecule has 2 aromatic rings. The molecule has 0 heterocycles. The molecule has 2 aromatic carbocycles. The van der Waals surface area contributed by atoms with Crippen LogP contribution in [0.15, 0.2) is 59.6 Å². The Hall–Kier alpha value is -3.02. The largest absolute Gasteiger partial charge is 0.497 e. The number of hydrogen-bond acceptors (Lipinski definition) is 3. The predicted molar refractivity (Wildman–Crippen MR) is 114 cm³/mol. The first-order chi connectivity index (χ1) is 13.6. The van der Waals surface area contributed by atoms with Crippen molar-refractivity contribution in [2.45, 2.75) is 19.9 Å². The van der Waals surface area contributed by atoms with Gasteiger partial charge in [-0.3, -0.25) is 9.79 Å². The molecule has 150 valence electrons. The number of guanidine groups is 1. The monoisotopic (exact) mass is 382 g/mol. The van der Waals surface area contributed by atoms with Crippen LogP contribution in [0.2, 0.25) is 0 Å². The first-order valence-electron chi connectivity index (χ1n) is 9.59. The number of nitrogens with zero attached hydrogens (tertiary/aromatic N) is 2. The molecule has 6 nitrogen and oxygen atoms in total. The van der Waals surface area contributed by atoms with E-state index in [-0.39, 0.29) is 5.91 Å². The highest BCUT2D eigenvalue weighted by atomic mass is 16.5. The average Bonchev–Trinajstić information content (AvgIpc) is 2.73. The summed E-state index contributed by atoms with van der Waals surface area (Å²) in [5.74, 6) is 1.66. The van der Waals surface area contributed by atoms with Crippen LogP contribution >= 0.6 is 0 Å². The van der Waals surface area contributed by atoms with Gasteiger partial charge in [0.15, 0.2) is 5.96 Å². The lowest BCUT2D eigenvalue weighted by Crippen LogP contribution is -2.38. The zero-order valence-corrected chi connectivity index (χ0v) is 16.9. The maximum Gasteiger partial charge on any atom is 0.251 e. The topological polar surface area (TPSA) is 66.0 Å². The van der Waals surface area contributed by atoms with Crippen LogP contribution in [0.25, 0.3) is 0 Å². The van der Waals surface area contributed by atoms with Gasteiger partial charge in [0, 0.05) is 38.8 Å². The highest BCUT2D eigenvalue weighted by Gasteiger charge is 2.07. The van der Waals surface area contributed by atoms with Crippen LogP contribution in [0.1, 0.15) is 29.3 Å². The normalized spacial score (nSPS) is 11.0. The fourth-order valence-corrected chi connectivity index (χ4v) is 2.71. The Morgan fingerprint density at radius 3 is 2.43 bits per heavy atom. The standard InChI is InChI=1S/C22H30N4O2/c1-4-23-22(26(2)17-18-11-13-20(28-3)14-12-18)25-16-8-15-24-21(27)19-9-6-5-7-10-19/h5-7,9-14H,4,8,15-17H2,1-3H3,(H,23,25)(H,24,27). The van der Waals surface area contributed by atoms with Gasteiger partial charge in [-0.2, -0.15) is 0 Å². The van der Waals surface area contributed by atoms with E-state index in [1.54, 1.807) is 7.11 Å². The van der Waals surface area contributed by atoms with Gasteiger partial charge in [-0.25, -0.2) is 0 Å². The van der Waals surface area contributed by atoms with Crippen LogP contribution in [-0.2, 0) is 6.54 Å². The van der Waals surface area contributed by atoms with Gasteiger partial charge in [-0.15, -0.1) is 0 Å². The number of carbonyl (C=O) groups is 1. The highest BCUT2D eigenvalue weighted by molar-refractivity contribution is 5.94. The highest BCUT2D eigenvalue weighted by Crippen LogP contribution is 2.12. The van der Waals surface area contributed by atoms with Crippen molar-refractivity contribution in [1.82, 2.24) is 15.5 Å². The van der Waals surface area contributed by atoms with Gasteiger partial charge < -0.3 is 20.3 Å². The summed E-state index contributed by atoms with van der Waals surface area (Å²) in [4.78, 5) is 18.8. The lowest BCUT2D eigenvalue weighted by Gasteiger charge is -2.22. The van der Waals surface area contributed by atoms with Crippen molar-refractivity contribution < 1.29 is 9.53 Å². The minimum Gasteiger partial charge on any atom is -0.497 e. The Labute approximate surface area is 167 Å². The molecule has 0 aliphatic carbocycles. The number of methoxy groups -OCH3 is 1. The molecule has 0 atom stereocenters. The Morgan fingerprint density at radius 2 is 1.79 bits per heavy atom. The quantitative estimate of drug-likeness (QED) is 0.398. The maximum absolute atomic E-state index is 12.0. The van der Waals surface area contributed by atoms with Crippen LogP contribution in [0.4, 0.5) is 0 Å². The number of hydrogen-bond donors (Lipinski definition) is 2. The average molecular weight is 383 g/mol. The fourth-order valence-electron chi connectivity index (χ4n) is 2.71. The summed E-state index contributed by atoms with van der Waals surface area (Å²) in [6.45, 7) is 4.84. The molecular formula is C22H30N4O2. The number of benzene rings is 2. The Kier molecular flexibility index (Phi) is 8.85. The van der Waals surface area contributed by atoms with E-state index in [0.29, 0.717) is 18.7 Å². The predicted octanol–water partition coefficient (Wildman–Crippen LogP) is 2.91. The number of rotatable bonds is 9. The summed E-state index contributed by atoms with van der Waals surface area (Å²) in [5.41, 5.74) is 1.86. The zero-order chi connectivity index (χ0) is 20.2. The number of amides is 1. The van der Waals surface area contributed by atoms with Crippen molar-refractivity contribution in [2.75, 3.05) is 33.8 Å². The molecule has 2 N–H and O–H groups in total. The summed E-state index contributed by atoms with van der Waals surface area (Å²) in [5, 5.41) is 6.25. The van der Waals surface area contributed by atoms with Gasteiger partial charge in [0.2, 0.25) is 0 Å². The fraction of sp³-hybridized carbons (Fsp3) is 0.364. The lowest BCUT2D eigenvalue weighted by molar-refractivity contribution is 0.0953. The van der Waals surface area contributed by atoms with Crippen LogP contribution < -0.4 is 15.4 Å². The van der Waals surface area contributed by atoms with Gasteiger partial charge in [-0.05, 0) is 43.2 Å². The summed E-state index contributed by atoms with van der Waals surface area (Å²) >= 11 is 0. The molecule has 0 saturated carbocycles. The third kappa shape index (κ3) is 6.95. The molecule has 0 unspecified atom stereocenters. The first kappa shape index (κ1) is 21.3. The lowest BCUT2D eigenvalue weighted by atomic mass is 10.2. The van der Waals surface area contributed by atoms with Crippen LogP contribution in [0.5, 0.6) is 5.75 Å². The van der Waals surface area contributed by atoms with E-state index < -0.39 is 0 Å². The summed E-state index contributed by atoms with van der Waals surface area (Å²) in [6, 6.07) is 17.3. The van der Waals surface area contributed by atoms with Crippen molar-refractivity contribution in [1.29, 1.82) is 0 Å². The minimum atomic E-state index is -0.0480. The Bertz CT molecular complexity index is 745. The van der Waals surface area contributed by atoms with E-state index in [9.17, 15) is 4.79 Å². The molecule has 0 aromatic heterocycles. The molecule has 6 heteroatoms. The second kappa shape index (κ2) is 11.6. The smallest absolute Gasteiger partial charge is 0.251 e. The van der Waals surface area contributed by atoms with Gasteiger partial charge in [-0.1, -0.05) is 30.3 Å². The molecule has 0 fully saturated rings. The van der Waals surface area contributed by atoms with Crippen molar-refractivity contribution in [3.05, 3.63) is 65.7 Å². The van der Waals surface area contributed by atoms with Crippen molar-refractivity contribution in [2.24, 2.45) is 4.99 Å². The Morgan fingerprint density at radius 1 is 1.07 bits per heavy atom. The number of aliphatic imine (C=N–C) groups is 1. The van der Waals surface area contributed by atoms with E-state index in [4.69, 9.17) is 4.74 Å². The molecule has 0 radical (unpaired) electrons. The summed E-state index contributed by atoms with van der Waals surface area (Å²) in [7, 11) is 3.68. The first-order valence-corrected chi connectivity index (χ1v) is 9.59. The molecule has 2 rings (SSSR count). The van der Waals surface area contributed by atoms with E-state index in [1.165, 1.54) is 5.56 Å². The maximum atomic E-state index is 12.0. The number of carbonyl (C=O) groups excluding carboxylic acids is 1. The van der Waals surface area contributed by atoms with Gasteiger partial charge in [0.1, 0.15) is 5.75 Å². The molecule has 0 saturated heterocycles. The number of nitrogens with one attached hydrogen (secondary N) is 2. The van der Waals surface area contributed by atoms with Crippen LogP contribution in [-0.4, -0.2) is 50.6 Å². The van der Waals surface area contributed by atoms with E-state index in [1.807, 2.05) is 49.5 Å². The zero-order valence-electron chi connectivity index (χ0n) is 16.9. The molecule has 28 heavy (non-hydrogen) atoms. The third-order valence-corrected chi connectivity index (χ3v) is 4.19. The molecule has 0 aliphatic rings. The SMILES string of the molecule is CCNC(=NCCCNC(=O)c1ccccc1)N(C)Cc1ccc(OC)cc1. The second-order valence-corrected chi connectivity index (χ2v) is 6.42. The molecule has 0 aliphatic heterocycles. The van der Waals surface area contributed by atoms with E-state index in [2.05, 4.69) is 39.6 Å². The van der Waals surface area contributed by atoms with Crippen LogP contribution in [0.3, 0.4) is 0 Å². The third-order valence-electron chi connectivity index (χ3n) is 4.19.